The molecule has 152 valence electrons. The third kappa shape index (κ3) is 3.86. The lowest BCUT2D eigenvalue weighted by atomic mass is 9.93. The lowest BCUT2D eigenvalue weighted by Gasteiger charge is -2.37. The average Bonchev–Trinajstić information content (AvgIpc) is 3.17. The molecular formula is C20H22BN7O2. The highest BCUT2D eigenvalue weighted by molar-refractivity contribution is 6.38. The quantitative estimate of drug-likeness (QED) is 0.516. The molecule has 4 N–H and O–H groups in total. The van der Waals surface area contributed by atoms with Gasteiger partial charge in [0.2, 0.25) is 5.91 Å². The number of nitrogens with one attached hydrogen (secondary N) is 2. The number of carbonyl (C=O) groups excluding carboxylic acids is 2. The van der Waals surface area contributed by atoms with Gasteiger partial charge in [0.25, 0.3) is 5.91 Å². The number of pyridine rings is 2. The van der Waals surface area contributed by atoms with Gasteiger partial charge in [0.1, 0.15) is 13.5 Å². The first-order chi connectivity index (χ1) is 14.6. The van der Waals surface area contributed by atoms with E-state index in [1.54, 1.807) is 30.7 Å². The number of nitrogens with zero attached hydrogens (tertiary/aromatic N) is 4. The van der Waals surface area contributed by atoms with Crippen molar-refractivity contribution in [3.8, 4) is 0 Å². The minimum absolute atomic E-state index is 0.0658. The summed E-state index contributed by atoms with van der Waals surface area (Å²) in [5.41, 5.74) is 8.49. The van der Waals surface area contributed by atoms with Crippen molar-refractivity contribution in [1.29, 1.82) is 0 Å². The van der Waals surface area contributed by atoms with Crippen LogP contribution < -0.4 is 21.4 Å². The molecule has 4 heterocycles. The zero-order valence-electron chi connectivity index (χ0n) is 16.5. The average molecular weight is 403 g/mol. The molecule has 0 aliphatic carbocycles. The largest absolute Gasteiger partial charge is 0.368 e. The Hall–Kier alpha value is -3.40. The van der Waals surface area contributed by atoms with Gasteiger partial charge in [0.05, 0.1) is 16.6 Å². The molecule has 1 saturated heterocycles. The second-order valence-corrected chi connectivity index (χ2v) is 7.09. The number of carbonyl (C=O) groups is 2. The topological polar surface area (TPSA) is 120 Å². The Labute approximate surface area is 175 Å². The Kier molecular flexibility index (Phi) is 5.67. The first-order valence-corrected chi connectivity index (χ1v) is 9.78. The van der Waals surface area contributed by atoms with Crippen LogP contribution in [-0.2, 0) is 4.79 Å². The maximum atomic E-state index is 12.6. The van der Waals surface area contributed by atoms with E-state index in [1.807, 2.05) is 4.90 Å². The van der Waals surface area contributed by atoms with Crippen LogP contribution in [0.4, 0.5) is 11.4 Å². The fourth-order valence-electron chi connectivity index (χ4n) is 3.69. The highest BCUT2D eigenvalue weighted by Crippen LogP contribution is 2.31. The molecule has 4 rings (SSSR count). The highest BCUT2D eigenvalue weighted by Gasteiger charge is 2.24. The van der Waals surface area contributed by atoms with Gasteiger partial charge < -0.3 is 25.8 Å². The fourth-order valence-corrected chi connectivity index (χ4v) is 3.69. The lowest BCUT2D eigenvalue weighted by molar-refractivity contribution is -0.131. The van der Waals surface area contributed by atoms with Crippen molar-refractivity contribution >= 4 is 47.5 Å². The van der Waals surface area contributed by atoms with Crippen LogP contribution >= 0.6 is 0 Å². The zero-order chi connectivity index (χ0) is 21.1. The van der Waals surface area contributed by atoms with E-state index in [0.29, 0.717) is 61.5 Å². The molecule has 1 fully saturated rings. The van der Waals surface area contributed by atoms with Crippen LogP contribution in [0.15, 0.2) is 36.9 Å². The molecule has 30 heavy (non-hydrogen) atoms. The van der Waals surface area contributed by atoms with Crippen molar-refractivity contribution in [2.45, 2.75) is 6.42 Å². The fraction of sp³-hybridized carbons (Fsp3) is 0.300. The van der Waals surface area contributed by atoms with Gasteiger partial charge in [-0.05, 0) is 12.1 Å². The van der Waals surface area contributed by atoms with Crippen LogP contribution in [0.1, 0.15) is 16.8 Å². The van der Waals surface area contributed by atoms with Crippen LogP contribution in [0.3, 0.4) is 0 Å². The molecule has 10 heteroatoms. The van der Waals surface area contributed by atoms with E-state index >= 15 is 0 Å². The highest BCUT2D eigenvalue weighted by atomic mass is 16.2. The van der Waals surface area contributed by atoms with Crippen LogP contribution in [0, 0.1) is 0 Å². The molecule has 2 amide bonds. The number of rotatable bonds is 5. The number of H-pyrrole nitrogens is 1. The summed E-state index contributed by atoms with van der Waals surface area (Å²) < 4.78 is 0. The summed E-state index contributed by atoms with van der Waals surface area (Å²) in [7, 11) is 6.29. The first-order valence-electron chi connectivity index (χ1n) is 9.78. The second-order valence-electron chi connectivity index (χ2n) is 7.09. The standard InChI is InChI=1S/C20H22BN7O2/c21-14-11-24-19-17(15(12-25-19)26-20(30)13-2-1-5-23-10-13)18(14)28-8-6-27(7-9-28)16(29)3-4-22/h1-2,5,10-12H,3-4,6-9,22H2,(H,24,25)(H,26,30). The molecular weight excluding hydrogens is 381 g/mol. The number of piperazine rings is 1. The van der Waals surface area contributed by atoms with Gasteiger partial charge in [-0.2, -0.15) is 0 Å². The maximum Gasteiger partial charge on any atom is 0.257 e. The van der Waals surface area contributed by atoms with Crippen LogP contribution in [0.5, 0.6) is 0 Å². The number of hydrogen-bond donors (Lipinski definition) is 3. The molecule has 0 unspecified atom stereocenters. The minimum Gasteiger partial charge on any atom is -0.368 e. The zero-order valence-corrected chi connectivity index (χ0v) is 16.5. The summed E-state index contributed by atoms with van der Waals surface area (Å²) in [5, 5.41) is 3.67. The number of nitrogens with two attached hydrogens (primary N) is 1. The van der Waals surface area contributed by atoms with Crippen LogP contribution in [-0.4, -0.2) is 72.2 Å². The number of amides is 2. The summed E-state index contributed by atoms with van der Waals surface area (Å²) in [5.74, 6) is -0.203. The summed E-state index contributed by atoms with van der Waals surface area (Å²) in [4.78, 5) is 40.1. The molecule has 0 saturated carbocycles. The van der Waals surface area contributed by atoms with Crippen molar-refractivity contribution < 1.29 is 9.59 Å². The molecule has 3 aromatic heterocycles. The van der Waals surface area contributed by atoms with Gasteiger partial charge in [0, 0.05) is 69.6 Å². The number of anilines is 2. The van der Waals surface area contributed by atoms with Gasteiger partial charge >= 0.3 is 0 Å². The Morgan fingerprint density at radius 1 is 1.23 bits per heavy atom. The monoisotopic (exact) mass is 403 g/mol. The molecule has 0 spiro atoms. The van der Waals surface area contributed by atoms with E-state index in [-0.39, 0.29) is 11.8 Å². The molecule has 9 nitrogen and oxygen atoms in total. The summed E-state index contributed by atoms with van der Waals surface area (Å²) in [6, 6.07) is 3.41. The normalized spacial score (nSPS) is 14.2. The molecule has 0 bridgehead atoms. The van der Waals surface area contributed by atoms with Crippen molar-refractivity contribution in [1.82, 2.24) is 19.9 Å². The molecule has 1 aliphatic heterocycles. The van der Waals surface area contributed by atoms with Gasteiger partial charge in [-0.3, -0.25) is 14.6 Å². The minimum atomic E-state index is -0.269. The Bertz CT molecular complexity index is 1060. The third-order valence-electron chi connectivity index (χ3n) is 5.18. The first kappa shape index (κ1) is 19.9. The number of aromatic amines is 1. The van der Waals surface area contributed by atoms with E-state index in [4.69, 9.17) is 13.6 Å². The molecule has 0 atom stereocenters. The van der Waals surface area contributed by atoms with Gasteiger partial charge in [-0.15, -0.1) is 0 Å². The SMILES string of the molecule is [B]c1cnc2[nH]cc(NC(=O)c3cccnc3)c2c1N1CCN(C(=O)CCN)CC1. The number of aromatic nitrogens is 3. The van der Waals surface area contributed by atoms with E-state index in [1.165, 1.54) is 6.20 Å². The summed E-state index contributed by atoms with van der Waals surface area (Å²) in [6.45, 7) is 2.77. The Morgan fingerprint density at radius 3 is 2.73 bits per heavy atom. The number of fused-ring (bicyclic) bond motifs is 1. The number of hydrogen-bond acceptors (Lipinski definition) is 6. The van der Waals surface area contributed by atoms with Crippen LogP contribution in [0.25, 0.3) is 11.0 Å². The van der Waals surface area contributed by atoms with Crippen molar-refractivity contribution in [3.63, 3.8) is 0 Å². The lowest BCUT2D eigenvalue weighted by Crippen LogP contribution is -2.50. The maximum absolute atomic E-state index is 12.6. The smallest absolute Gasteiger partial charge is 0.257 e. The summed E-state index contributed by atoms with van der Waals surface area (Å²) >= 11 is 0. The van der Waals surface area contributed by atoms with Gasteiger partial charge in [0.15, 0.2) is 0 Å². The van der Waals surface area contributed by atoms with Gasteiger partial charge in [-0.1, -0.05) is 5.46 Å². The van der Waals surface area contributed by atoms with Crippen molar-refractivity contribution in [2.24, 2.45) is 5.73 Å². The second kappa shape index (κ2) is 8.54. The van der Waals surface area contributed by atoms with E-state index in [2.05, 4.69) is 25.2 Å². The molecule has 1 aliphatic rings. The molecule has 0 aromatic carbocycles. The van der Waals surface area contributed by atoms with Crippen molar-refractivity contribution in [2.75, 3.05) is 42.9 Å². The molecule has 2 radical (unpaired) electrons. The predicted octanol–water partition coefficient (Wildman–Crippen LogP) is 0.00140. The van der Waals surface area contributed by atoms with E-state index < -0.39 is 0 Å². The van der Waals surface area contributed by atoms with Crippen molar-refractivity contribution in [3.05, 3.63) is 42.5 Å². The third-order valence-corrected chi connectivity index (χ3v) is 5.18. The Morgan fingerprint density at radius 2 is 2.03 bits per heavy atom. The molecule has 3 aromatic rings. The predicted molar refractivity (Wildman–Crippen MR) is 116 cm³/mol. The summed E-state index contributed by atoms with van der Waals surface area (Å²) in [6.07, 6.45) is 6.78. The van der Waals surface area contributed by atoms with Crippen LogP contribution in [0.2, 0.25) is 0 Å². The van der Waals surface area contributed by atoms with E-state index in [0.717, 1.165) is 11.1 Å². The Balaban J connectivity index is 1.61. The van der Waals surface area contributed by atoms with E-state index in [9.17, 15) is 9.59 Å². The van der Waals surface area contributed by atoms with Gasteiger partial charge in [-0.25, -0.2) is 4.98 Å².